The first-order valence-corrected chi connectivity index (χ1v) is 6.40. The van der Waals surface area contributed by atoms with Crippen LogP contribution in [0.25, 0.3) is 0 Å². The van der Waals surface area contributed by atoms with Crippen LogP contribution in [0.4, 0.5) is 13.2 Å². The highest BCUT2D eigenvalue weighted by molar-refractivity contribution is 5.28. The Morgan fingerprint density at radius 3 is 2.06 bits per heavy atom. The Hall–Kier alpha value is -1.03. The standard InChI is InChI=1S/C14H18F3N/c15-14(16,17)13(18)12-8-6-11(7-9-12)10-4-2-1-3-5-10/h6-10,13H,1-5,18H2/t13-/m0/s1. The minimum atomic E-state index is -4.37. The highest BCUT2D eigenvalue weighted by atomic mass is 19.4. The largest absolute Gasteiger partial charge is 0.407 e. The normalized spacial score (nSPS) is 19.8. The molecular weight excluding hydrogens is 239 g/mol. The fraction of sp³-hybridized carbons (Fsp3) is 0.571. The van der Waals surface area contributed by atoms with Crippen molar-refractivity contribution < 1.29 is 13.2 Å². The predicted octanol–water partition coefficient (Wildman–Crippen LogP) is 4.30. The van der Waals surface area contributed by atoms with E-state index in [1.807, 2.05) is 0 Å². The molecule has 1 fully saturated rings. The Labute approximate surface area is 105 Å². The first-order valence-electron chi connectivity index (χ1n) is 6.40. The van der Waals surface area contributed by atoms with E-state index in [0.717, 1.165) is 18.4 Å². The fourth-order valence-electron chi connectivity index (χ4n) is 2.60. The number of benzene rings is 1. The van der Waals surface area contributed by atoms with Crippen LogP contribution in [0, 0.1) is 0 Å². The van der Waals surface area contributed by atoms with E-state index in [0.29, 0.717) is 5.92 Å². The van der Waals surface area contributed by atoms with Crippen LogP contribution in [0.3, 0.4) is 0 Å². The Balaban J connectivity index is 2.09. The average molecular weight is 257 g/mol. The zero-order valence-corrected chi connectivity index (χ0v) is 10.2. The summed E-state index contributed by atoms with van der Waals surface area (Å²) in [7, 11) is 0. The number of hydrogen-bond acceptors (Lipinski definition) is 1. The van der Waals surface area contributed by atoms with Crippen molar-refractivity contribution in [3.63, 3.8) is 0 Å². The van der Waals surface area contributed by atoms with Gasteiger partial charge in [-0.15, -0.1) is 0 Å². The molecule has 1 aliphatic carbocycles. The molecule has 2 N–H and O–H groups in total. The monoisotopic (exact) mass is 257 g/mol. The second kappa shape index (κ2) is 5.31. The summed E-state index contributed by atoms with van der Waals surface area (Å²) in [6, 6.07) is 4.76. The third-order valence-corrected chi connectivity index (χ3v) is 3.72. The second-order valence-corrected chi connectivity index (χ2v) is 5.02. The zero-order valence-electron chi connectivity index (χ0n) is 10.2. The van der Waals surface area contributed by atoms with E-state index < -0.39 is 12.2 Å². The van der Waals surface area contributed by atoms with Gasteiger partial charge in [0.1, 0.15) is 6.04 Å². The van der Waals surface area contributed by atoms with Gasteiger partial charge in [-0.1, -0.05) is 43.5 Å². The van der Waals surface area contributed by atoms with Crippen LogP contribution in [0.5, 0.6) is 0 Å². The first-order chi connectivity index (χ1) is 8.48. The molecule has 0 aromatic heterocycles. The fourth-order valence-corrected chi connectivity index (χ4v) is 2.60. The molecule has 1 nitrogen and oxygen atoms in total. The van der Waals surface area contributed by atoms with Crippen LogP contribution >= 0.6 is 0 Å². The molecule has 0 saturated heterocycles. The zero-order chi connectivity index (χ0) is 13.2. The summed E-state index contributed by atoms with van der Waals surface area (Å²) < 4.78 is 37.4. The molecule has 2 rings (SSSR count). The summed E-state index contributed by atoms with van der Waals surface area (Å²) in [6.45, 7) is 0. The maximum Gasteiger partial charge on any atom is 0.407 e. The average Bonchev–Trinajstić information content (AvgIpc) is 2.38. The summed E-state index contributed by atoms with van der Waals surface area (Å²) in [6.07, 6.45) is 1.62. The van der Waals surface area contributed by atoms with Crippen molar-refractivity contribution in [1.82, 2.24) is 0 Å². The van der Waals surface area contributed by atoms with Gasteiger partial charge in [0.25, 0.3) is 0 Å². The van der Waals surface area contributed by atoms with Gasteiger partial charge in [-0.3, -0.25) is 0 Å². The minimum absolute atomic E-state index is 0.141. The van der Waals surface area contributed by atoms with E-state index in [1.54, 1.807) is 12.1 Å². The molecule has 1 saturated carbocycles. The van der Waals surface area contributed by atoms with Crippen molar-refractivity contribution in [2.45, 2.75) is 50.2 Å². The Bertz CT molecular complexity index is 377. The Morgan fingerprint density at radius 1 is 1.00 bits per heavy atom. The van der Waals surface area contributed by atoms with E-state index in [2.05, 4.69) is 0 Å². The van der Waals surface area contributed by atoms with Gasteiger partial charge in [0.05, 0.1) is 0 Å². The minimum Gasteiger partial charge on any atom is -0.316 e. The van der Waals surface area contributed by atoms with Gasteiger partial charge in [-0.05, 0) is 29.9 Å². The molecule has 1 aliphatic rings. The molecular formula is C14H18F3N. The lowest BCUT2D eigenvalue weighted by Gasteiger charge is -2.23. The molecule has 0 amide bonds. The van der Waals surface area contributed by atoms with Crippen molar-refractivity contribution in [2.75, 3.05) is 0 Å². The molecule has 0 bridgehead atoms. The highest BCUT2D eigenvalue weighted by Crippen LogP contribution is 2.34. The lowest BCUT2D eigenvalue weighted by Crippen LogP contribution is -2.28. The molecule has 0 heterocycles. The van der Waals surface area contributed by atoms with Crippen molar-refractivity contribution >= 4 is 0 Å². The topological polar surface area (TPSA) is 26.0 Å². The summed E-state index contributed by atoms with van der Waals surface area (Å²) in [5, 5.41) is 0. The molecule has 4 heteroatoms. The van der Waals surface area contributed by atoms with Gasteiger partial charge < -0.3 is 5.73 Å². The van der Waals surface area contributed by atoms with Crippen LogP contribution in [-0.2, 0) is 0 Å². The van der Waals surface area contributed by atoms with E-state index in [4.69, 9.17) is 5.73 Å². The van der Waals surface area contributed by atoms with Crippen LogP contribution in [0.1, 0.15) is 55.2 Å². The molecule has 0 aliphatic heterocycles. The molecule has 0 radical (unpaired) electrons. The van der Waals surface area contributed by atoms with Gasteiger partial charge in [0.2, 0.25) is 0 Å². The SMILES string of the molecule is N[C@@H](c1ccc(C2CCCCC2)cc1)C(F)(F)F. The van der Waals surface area contributed by atoms with Gasteiger partial charge in [0.15, 0.2) is 0 Å². The summed E-state index contributed by atoms with van der Waals surface area (Å²) >= 11 is 0. The molecule has 1 aromatic rings. The second-order valence-electron chi connectivity index (χ2n) is 5.02. The maximum atomic E-state index is 12.5. The predicted molar refractivity (Wildman–Crippen MR) is 65.3 cm³/mol. The quantitative estimate of drug-likeness (QED) is 0.840. The van der Waals surface area contributed by atoms with Crippen molar-refractivity contribution in [2.24, 2.45) is 5.73 Å². The van der Waals surface area contributed by atoms with Gasteiger partial charge in [-0.2, -0.15) is 13.2 Å². The van der Waals surface area contributed by atoms with Crippen molar-refractivity contribution in [1.29, 1.82) is 0 Å². The molecule has 0 unspecified atom stereocenters. The van der Waals surface area contributed by atoms with E-state index in [-0.39, 0.29) is 5.56 Å². The maximum absolute atomic E-state index is 12.5. The van der Waals surface area contributed by atoms with Crippen LogP contribution in [-0.4, -0.2) is 6.18 Å². The summed E-state index contributed by atoms with van der Waals surface area (Å²) in [4.78, 5) is 0. The number of halogens is 3. The first kappa shape index (κ1) is 13.4. The van der Waals surface area contributed by atoms with Crippen molar-refractivity contribution in [3.8, 4) is 0 Å². The Morgan fingerprint density at radius 2 is 1.56 bits per heavy atom. The lowest BCUT2D eigenvalue weighted by atomic mass is 9.84. The number of nitrogens with two attached hydrogens (primary N) is 1. The third kappa shape index (κ3) is 3.05. The molecule has 100 valence electrons. The van der Waals surface area contributed by atoms with E-state index in [9.17, 15) is 13.2 Å². The molecule has 1 aromatic carbocycles. The van der Waals surface area contributed by atoms with E-state index in [1.165, 1.54) is 31.4 Å². The van der Waals surface area contributed by atoms with Crippen LogP contribution in [0.15, 0.2) is 24.3 Å². The summed E-state index contributed by atoms with van der Waals surface area (Å²) in [5.41, 5.74) is 6.46. The number of alkyl halides is 3. The number of hydrogen-bond donors (Lipinski definition) is 1. The van der Waals surface area contributed by atoms with E-state index >= 15 is 0 Å². The van der Waals surface area contributed by atoms with Gasteiger partial charge in [-0.25, -0.2) is 0 Å². The summed E-state index contributed by atoms with van der Waals surface area (Å²) in [5.74, 6) is 0.509. The molecule has 1 atom stereocenters. The van der Waals surface area contributed by atoms with Crippen LogP contribution in [0.2, 0.25) is 0 Å². The molecule has 18 heavy (non-hydrogen) atoms. The highest BCUT2D eigenvalue weighted by Gasteiger charge is 2.37. The van der Waals surface area contributed by atoms with Crippen molar-refractivity contribution in [3.05, 3.63) is 35.4 Å². The lowest BCUT2D eigenvalue weighted by molar-refractivity contribution is -0.149. The van der Waals surface area contributed by atoms with Gasteiger partial charge >= 0.3 is 6.18 Å². The number of rotatable bonds is 2. The van der Waals surface area contributed by atoms with Crippen LogP contribution < -0.4 is 5.73 Å². The third-order valence-electron chi connectivity index (χ3n) is 3.72. The Kier molecular flexibility index (Phi) is 3.95. The smallest absolute Gasteiger partial charge is 0.316 e. The molecule has 0 spiro atoms. The van der Waals surface area contributed by atoms with Gasteiger partial charge in [0, 0.05) is 0 Å².